The van der Waals surface area contributed by atoms with Gasteiger partial charge in [-0.3, -0.25) is 0 Å². The lowest BCUT2D eigenvalue weighted by atomic mass is 9.61. The summed E-state index contributed by atoms with van der Waals surface area (Å²) in [5.74, 6) is 1.69. The highest BCUT2D eigenvalue weighted by molar-refractivity contribution is 7.91. The highest BCUT2D eigenvalue weighted by atomic mass is 32.2. The van der Waals surface area contributed by atoms with Crippen molar-refractivity contribution in [3.05, 3.63) is 53.6 Å². The molecule has 4 rings (SSSR count). The Labute approximate surface area is 199 Å². The summed E-state index contributed by atoms with van der Waals surface area (Å²) in [5.41, 5.74) is 2.89. The molecule has 0 amide bonds. The number of hydrogen-bond donors (Lipinski definition) is 2. The Morgan fingerprint density at radius 2 is 1.79 bits per heavy atom. The van der Waals surface area contributed by atoms with Crippen LogP contribution in [0.1, 0.15) is 71.6 Å². The standard InChI is InChI=1S/C28H40O4S/c1-20(14-16-33(31,32)25-8-4-3-5-9-25)26-12-13-27-22(7-6-15-28(26,27)2)11-10-21-17-23(29)19-24(30)18-21/h3-5,8-11,20,23-24,26-27,29-30H,6-7,12-19H2,1-2H3/b22-11+/t20-,23-,24-,26-,27+,28-/m1/s1. The fraction of sp³-hybridized carbons (Fsp3) is 0.643. The van der Waals surface area contributed by atoms with Gasteiger partial charge in [0.05, 0.1) is 22.9 Å². The van der Waals surface area contributed by atoms with Crippen molar-refractivity contribution in [1.82, 2.24) is 0 Å². The molecule has 0 unspecified atom stereocenters. The molecule has 0 heterocycles. The van der Waals surface area contributed by atoms with Crippen LogP contribution >= 0.6 is 0 Å². The average Bonchev–Trinajstić information content (AvgIpc) is 3.13. The number of aliphatic hydroxyl groups is 2. The van der Waals surface area contributed by atoms with Crippen LogP contribution in [0.4, 0.5) is 0 Å². The molecule has 4 nitrogen and oxygen atoms in total. The van der Waals surface area contributed by atoms with Crippen molar-refractivity contribution in [3.63, 3.8) is 0 Å². The second-order valence-electron chi connectivity index (χ2n) is 11.0. The summed E-state index contributed by atoms with van der Waals surface area (Å²) in [6.07, 6.45) is 12.0. The third-order valence-electron chi connectivity index (χ3n) is 8.74. The molecule has 0 radical (unpaired) electrons. The van der Waals surface area contributed by atoms with Crippen LogP contribution in [0.5, 0.6) is 0 Å². The zero-order valence-corrected chi connectivity index (χ0v) is 20.9. The Kier molecular flexibility index (Phi) is 7.52. The van der Waals surface area contributed by atoms with Crippen molar-refractivity contribution in [2.75, 3.05) is 5.75 Å². The summed E-state index contributed by atoms with van der Waals surface area (Å²) >= 11 is 0. The lowest BCUT2D eigenvalue weighted by Crippen LogP contribution is -2.36. The van der Waals surface area contributed by atoms with Crippen molar-refractivity contribution in [1.29, 1.82) is 0 Å². The Balaban J connectivity index is 1.44. The van der Waals surface area contributed by atoms with Gasteiger partial charge in [0.2, 0.25) is 0 Å². The second-order valence-corrected chi connectivity index (χ2v) is 13.1. The predicted molar refractivity (Wildman–Crippen MR) is 132 cm³/mol. The monoisotopic (exact) mass is 472 g/mol. The van der Waals surface area contributed by atoms with Crippen LogP contribution in [0.25, 0.3) is 0 Å². The molecule has 2 N–H and O–H groups in total. The van der Waals surface area contributed by atoms with Gasteiger partial charge >= 0.3 is 0 Å². The largest absolute Gasteiger partial charge is 0.393 e. The van der Waals surface area contributed by atoms with Crippen molar-refractivity contribution >= 4 is 9.84 Å². The molecule has 3 saturated carbocycles. The van der Waals surface area contributed by atoms with E-state index in [-0.39, 0.29) is 11.2 Å². The number of rotatable bonds is 6. The number of sulfone groups is 1. The lowest BCUT2D eigenvalue weighted by Gasteiger charge is -2.44. The molecular formula is C28H40O4S. The Morgan fingerprint density at radius 3 is 2.48 bits per heavy atom. The number of fused-ring (bicyclic) bond motifs is 1. The van der Waals surface area contributed by atoms with E-state index in [1.807, 2.05) is 6.07 Å². The van der Waals surface area contributed by atoms with Crippen molar-refractivity contribution in [2.24, 2.45) is 23.2 Å². The van der Waals surface area contributed by atoms with E-state index in [2.05, 4.69) is 26.0 Å². The predicted octanol–water partition coefficient (Wildman–Crippen LogP) is 5.46. The van der Waals surface area contributed by atoms with Crippen LogP contribution < -0.4 is 0 Å². The summed E-state index contributed by atoms with van der Waals surface area (Å²) in [7, 11) is -3.23. The maximum absolute atomic E-state index is 12.8. The van der Waals surface area contributed by atoms with Crippen molar-refractivity contribution in [2.45, 2.75) is 88.7 Å². The normalized spacial score (nSPS) is 34.8. The van der Waals surface area contributed by atoms with Crippen LogP contribution in [0.2, 0.25) is 0 Å². The van der Waals surface area contributed by atoms with Gasteiger partial charge in [0, 0.05) is 0 Å². The summed E-state index contributed by atoms with van der Waals surface area (Å²) in [4.78, 5) is 0.432. The first-order valence-electron chi connectivity index (χ1n) is 12.7. The van der Waals surface area contributed by atoms with Gasteiger partial charge in [-0.1, -0.05) is 55.3 Å². The van der Waals surface area contributed by atoms with Gasteiger partial charge in [0.25, 0.3) is 0 Å². The van der Waals surface area contributed by atoms with E-state index in [0.29, 0.717) is 48.3 Å². The third-order valence-corrected chi connectivity index (χ3v) is 10.5. The molecule has 0 aromatic heterocycles. The van der Waals surface area contributed by atoms with Gasteiger partial charge in [0.15, 0.2) is 9.84 Å². The van der Waals surface area contributed by atoms with Crippen LogP contribution in [-0.4, -0.2) is 36.6 Å². The zero-order chi connectivity index (χ0) is 23.6. The minimum absolute atomic E-state index is 0.217. The molecule has 0 spiro atoms. The van der Waals surface area contributed by atoms with Crippen LogP contribution in [0, 0.1) is 23.2 Å². The van der Waals surface area contributed by atoms with Gasteiger partial charge in [-0.25, -0.2) is 8.42 Å². The van der Waals surface area contributed by atoms with Crippen molar-refractivity contribution in [3.8, 4) is 0 Å². The molecule has 182 valence electrons. The minimum Gasteiger partial charge on any atom is -0.393 e. The first kappa shape index (κ1) is 24.7. The van der Waals surface area contributed by atoms with Gasteiger partial charge in [0.1, 0.15) is 0 Å². The summed E-state index contributed by atoms with van der Waals surface area (Å²) in [6, 6.07) is 8.83. The molecule has 0 saturated heterocycles. The zero-order valence-electron chi connectivity index (χ0n) is 20.1. The van der Waals surface area contributed by atoms with E-state index in [9.17, 15) is 18.6 Å². The van der Waals surface area contributed by atoms with Gasteiger partial charge < -0.3 is 10.2 Å². The quantitative estimate of drug-likeness (QED) is 0.576. The molecule has 3 fully saturated rings. The highest BCUT2D eigenvalue weighted by Gasteiger charge is 2.50. The molecular weight excluding hydrogens is 432 g/mol. The smallest absolute Gasteiger partial charge is 0.178 e. The molecule has 33 heavy (non-hydrogen) atoms. The molecule has 5 heteroatoms. The van der Waals surface area contributed by atoms with Crippen LogP contribution in [-0.2, 0) is 9.84 Å². The maximum atomic E-state index is 12.8. The van der Waals surface area contributed by atoms with E-state index < -0.39 is 22.0 Å². The van der Waals surface area contributed by atoms with E-state index >= 15 is 0 Å². The Bertz CT molecular complexity index is 968. The summed E-state index contributed by atoms with van der Waals surface area (Å²) < 4.78 is 25.6. The third kappa shape index (κ3) is 5.47. The van der Waals surface area contributed by atoms with E-state index in [0.717, 1.165) is 12.0 Å². The average molecular weight is 473 g/mol. The van der Waals surface area contributed by atoms with Gasteiger partial charge in [-0.15, -0.1) is 0 Å². The minimum atomic E-state index is -3.23. The van der Waals surface area contributed by atoms with E-state index in [4.69, 9.17) is 0 Å². The Hall–Kier alpha value is -1.43. The topological polar surface area (TPSA) is 74.6 Å². The molecule has 3 aliphatic carbocycles. The second kappa shape index (κ2) is 10.1. The van der Waals surface area contributed by atoms with Gasteiger partial charge in [-0.2, -0.15) is 0 Å². The number of aliphatic hydroxyl groups excluding tert-OH is 2. The first-order chi connectivity index (χ1) is 15.7. The molecule has 1 aromatic rings. The highest BCUT2D eigenvalue weighted by Crippen LogP contribution is 2.59. The fourth-order valence-electron chi connectivity index (χ4n) is 7.03. The Morgan fingerprint density at radius 1 is 1.09 bits per heavy atom. The number of allylic oxidation sites excluding steroid dienone is 3. The summed E-state index contributed by atoms with van der Waals surface area (Å²) in [5, 5.41) is 20.0. The molecule has 3 aliphatic rings. The molecule has 1 aromatic carbocycles. The SMILES string of the molecule is C[C@H](CCS(=O)(=O)c1ccccc1)[C@H]1CC[C@H]2/C(=C/C=C3C[C@@H](O)C[C@H](O)C3)CCC[C@]12C. The molecule has 0 bridgehead atoms. The maximum Gasteiger partial charge on any atom is 0.178 e. The van der Waals surface area contributed by atoms with E-state index in [1.54, 1.807) is 24.3 Å². The van der Waals surface area contributed by atoms with Crippen LogP contribution in [0.3, 0.4) is 0 Å². The van der Waals surface area contributed by atoms with Gasteiger partial charge in [-0.05, 0) is 93.1 Å². The summed E-state index contributed by atoms with van der Waals surface area (Å²) in [6.45, 7) is 4.69. The van der Waals surface area contributed by atoms with E-state index in [1.165, 1.54) is 31.3 Å². The fourth-order valence-corrected chi connectivity index (χ4v) is 8.52. The molecule has 6 atom stereocenters. The number of benzene rings is 1. The number of hydrogen-bond acceptors (Lipinski definition) is 4. The first-order valence-corrected chi connectivity index (χ1v) is 14.4. The van der Waals surface area contributed by atoms with Crippen molar-refractivity contribution < 1.29 is 18.6 Å². The molecule has 0 aliphatic heterocycles. The lowest BCUT2D eigenvalue weighted by molar-refractivity contribution is 0.0609. The van der Waals surface area contributed by atoms with Crippen LogP contribution in [0.15, 0.2) is 58.5 Å².